The van der Waals surface area contributed by atoms with Gasteiger partial charge in [0.1, 0.15) is 5.82 Å². The molecule has 0 fully saturated rings. The van der Waals surface area contributed by atoms with Crippen molar-refractivity contribution >= 4 is 28.3 Å². The number of carbonyl (C=O) groups excluding carboxylic acids is 1. The van der Waals surface area contributed by atoms with E-state index in [0.29, 0.717) is 22.4 Å². The van der Waals surface area contributed by atoms with Gasteiger partial charge >= 0.3 is 0 Å². The highest BCUT2D eigenvalue weighted by molar-refractivity contribution is 6.06. The Morgan fingerprint density at radius 3 is 2.44 bits per heavy atom. The van der Waals surface area contributed by atoms with Gasteiger partial charge in [0.25, 0.3) is 11.6 Å². The zero-order valence-corrected chi connectivity index (χ0v) is 14.0. The number of anilines is 1. The summed E-state index contributed by atoms with van der Waals surface area (Å²) < 4.78 is 0. The molecule has 3 aromatic carbocycles. The van der Waals surface area contributed by atoms with Crippen molar-refractivity contribution < 1.29 is 9.72 Å². The minimum Gasteiger partial charge on any atom is -0.338 e. The van der Waals surface area contributed by atoms with Crippen molar-refractivity contribution in [2.75, 3.05) is 5.32 Å². The highest BCUT2D eigenvalue weighted by Crippen LogP contribution is 2.23. The molecule has 0 radical (unpaired) electrons. The van der Waals surface area contributed by atoms with Gasteiger partial charge in [0.15, 0.2) is 0 Å². The Balaban J connectivity index is 1.61. The smallest absolute Gasteiger partial charge is 0.269 e. The van der Waals surface area contributed by atoms with Gasteiger partial charge in [-0.25, -0.2) is 4.98 Å². The van der Waals surface area contributed by atoms with Crippen molar-refractivity contribution in [2.45, 2.75) is 0 Å². The number of nitro benzene ring substituents is 1. The maximum atomic E-state index is 12.4. The lowest BCUT2D eigenvalue weighted by molar-refractivity contribution is -0.384. The summed E-state index contributed by atoms with van der Waals surface area (Å²) in [7, 11) is 0. The molecule has 0 atom stereocenters. The molecule has 0 spiro atoms. The Morgan fingerprint density at radius 1 is 1.00 bits per heavy atom. The summed E-state index contributed by atoms with van der Waals surface area (Å²) in [5.74, 6) is 0.370. The fraction of sp³-hybridized carbons (Fsp3) is 0. The van der Waals surface area contributed by atoms with E-state index in [2.05, 4.69) is 15.3 Å². The number of para-hydroxylation sites is 1. The van der Waals surface area contributed by atoms with Crippen LogP contribution in [0.1, 0.15) is 10.4 Å². The van der Waals surface area contributed by atoms with Crippen LogP contribution in [0.3, 0.4) is 0 Å². The van der Waals surface area contributed by atoms with Crippen LogP contribution in [0.5, 0.6) is 0 Å². The number of nitrogens with one attached hydrogen (secondary N) is 2. The standard InChI is InChI=1S/C20H14N4O3/c25-20(21-15-4-2-1-3-5-15)14-8-11-17-18(12-14)23-19(22-17)13-6-9-16(10-7-13)24(26)27/h1-12H,(H,21,25)(H,22,23). The van der Waals surface area contributed by atoms with Crippen molar-refractivity contribution in [1.29, 1.82) is 0 Å². The Hall–Kier alpha value is -4.00. The van der Waals surface area contributed by atoms with E-state index in [1.54, 1.807) is 30.3 Å². The molecule has 132 valence electrons. The van der Waals surface area contributed by atoms with Crippen molar-refractivity contribution in [3.05, 3.63) is 88.5 Å². The van der Waals surface area contributed by atoms with Crippen LogP contribution in [0, 0.1) is 10.1 Å². The van der Waals surface area contributed by atoms with Crippen LogP contribution in [0.4, 0.5) is 11.4 Å². The highest BCUT2D eigenvalue weighted by atomic mass is 16.6. The van der Waals surface area contributed by atoms with E-state index in [4.69, 9.17) is 0 Å². The maximum Gasteiger partial charge on any atom is 0.269 e. The van der Waals surface area contributed by atoms with E-state index >= 15 is 0 Å². The SMILES string of the molecule is O=C(Nc1ccccc1)c1ccc2nc(-c3ccc([N+](=O)[O-])cc3)[nH]c2c1. The molecule has 27 heavy (non-hydrogen) atoms. The number of fused-ring (bicyclic) bond motifs is 1. The predicted molar refractivity (Wildman–Crippen MR) is 103 cm³/mol. The third-order valence-electron chi connectivity index (χ3n) is 4.13. The minimum atomic E-state index is -0.444. The fourth-order valence-electron chi connectivity index (χ4n) is 2.75. The lowest BCUT2D eigenvalue weighted by atomic mass is 10.2. The molecule has 1 aromatic heterocycles. The first kappa shape index (κ1) is 16.5. The maximum absolute atomic E-state index is 12.4. The number of benzene rings is 3. The van der Waals surface area contributed by atoms with Gasteiger partial charge in [-0.3, -0.25) is 14.9 Å². The number of non-ortho nitro benzene ring substituents is 1. The Labute approximate surface area is 153 Å². The van der Waals surface area contributed by atoms with Gasteiger partial charge in [-0.05, 0) is 42.5 Å². The highest BCUT2D eigenvalue weighted by Gasteiger charge is 2.11. The molecule has 2 N–H and O–H groups in total. The number of hydrogen-bond donors (Lipinski definition) is 2. The summed E-state index contributed by atoms with van der Waals surface area (Å²) >= 11 is 0. The number of nitrogens with zero attached hydrogens (tertiary/aromatic N) is 2. The van der Waals surface area contributed by atoms with E-state index in [9.17, 15) is 14.9 Å². The molecule has 0 saturated heterocycles. The largest absolute Gasteiger partial charge is 0.338 e. The first-order valence-electron chi connectivity index (χ1n) is 8.21. The minimum absolute atomic E-state index is 0.0229. The number of carbonyl (C=O) groups is 1. The summed E-state index contributed by atoms with van der Waals surface area (Å²) in [5.41, 5.74) is 3.40. The van der Waals surface area contributed by atoms with Crippen molar-refractivity contribution in [2.24, 2.45) is 0 Å². The fourth-order valence-corrected chi connectivity index (χ4v) is 2.75. The molecule has 4 rings (SSSR count). The van der Waals surface area contributed by atoms with Gasteiger partial charge in [0.2, 0.25) is 0 Å². The Bertz CT molecular complexity index is 1140. The monoisotopic (exact) mass is 358 g/mol. The van der Waals surface area contributed by atoms with Gasteiger partial charge < -0.3 is 10.3 Å². The van der Waals surface area contributed by atoms with Crippen LogP contribution in [0.15, 0.2) is 72.8 Å². The molecule has 7 heteroatoms. The molecular weight excluding hydrogens is 344 g/mol. The van der Waals surface area contributed by atoms with Gasteiger partial charge in [-0.2, -0.15) is 0 Å². The average molecular weight is 358 g/mol. The molecule has 0 aliphatic rings. The lowest BCUT2D eigenvalue weighted by Crippen LogP contribution is -2.11. The van der Waals surface area contributed by atoms with Gasteiger partial charge in [-0.1, -0.05) is 18.2 Å². The molecular formula is C20H14N4O3. The Kier molecular flexibility index (Phi) is 4.10. The first-order valence-corrected chi connectivity index (χ1v) is 8.21. The van der Waals surface area contributed by atoms with Crippen molar-refractivity contribution in [3.63, 3.8) is 0 Å². The second-order valence-electron chi connectivity index (χ2n) is 5.94. The van der Waals surface area contributed by atoms with Crippen LogP contribution in [-0.4, -0.2) is 20.8 Å². The zero-order chi connectivity index (χ0) is 18.8. The average Bonchev–Trinajstić information content (AvgIpc) is 3.12. The van der Waals surface area contributed by atoms with E-state index in [1.807, 2.05) is 30.3 Å². The van der Waals surface area contributed by atoms with Crippen LogP contribution in [0.2, 0.25) is 0 Å². The van der Waals surface area contributed by atoms with E-state index in [-0.39, 0.29) is 11.6 Å². The van der Waals surface area contributed by atoms with Gasteiger partial charge in [0.05, 0.1) is 16.0 Å². The van der Waals surface area contributed by atoms with Gasteiger partial charge in [0, 0.05) is 28.9 Å². The summed E-state index contributed by atoms with van der Waals surface area (Å²) in [5, 5.41) is 13.6. The van der Waals surface area contributed by atoms with Crippen LogP contribution >= 0.6 is 0 Å². The summed E-state index contributed by atoms with van der Waals surface area (Å²) in [6, 6.07) is 20.6. The quantitative estimate of drug-likeness (QED) is 0.417. The second-order valence-corrected chi connectivity index (χ2v) is 5.94. The number of nitro groups is 1. The van der Waals surface area contributed by atoms with E-state index in [0.717, 1.165) is 11.3 Å². The number of aromatic nitrogens is 2. The van der Waals surface area contributed by atoms with Crippen LogP contribution < -0.4 is 5.32 Å². The summed E-state index contributed by atoms with van der Waals surface area (Å²) in [4.78, 5) is 30.4. The number of hydrogen-bond acceptors (Lipinski definition) is 4. The number of aromatic amines is 1. The van der Waals surface area contributed by atoms with Crippen molar-refractivity contribution in [1.82, 2.24) is 9.97 Å². The Morgan fingerprint density at radius 2 is 1.74 bits per heavy atom. The molecule has 7 nitrogen and oxygen atoms in total. The van der Waals surface area contributed by atoms with E-state index in [1.165, 1.54) is 12.1 Å². The number of imidazole rings is 1. The van der Waals surface area contributed by atoms with Crippen LogP contribution in [0.25, 0.3) is 22.4 Å². The summed E-state index contributed by atoms with van der Waals surface area (Å²) in [6.45, 7) is 0. The molecule has 0 unspecified atom stereocenters. The molecule has 0 aliphatic heterocycles. The molecule has 0 saturated carbocycles. The third-order valence-corrected chi connectivity index (χ3v) is 4.13. The second kappa shape index (κ2) is 6.72. The molecule has 0 bridgehead atoms. The first-order chi connectivity index (χ1) is 13.1. The van der Waals surface area contributed by atoms with Crippen LogP contribution in [-0.2, 0) is 0 Å². The van der Waals surface area contributed by atoms with E-state index < -0.39 is 4.92 Å². The normalized spacial score (nSPS) is 10.7. The third kappa shape index (κ3) is 3.38. The predicted octanol–water partition coefficient (Wildman–Crippen LogP) is 4.39. The number of rotatable bonds is 4. The topological polar surface area (TPSA) is 101 Å². The molecule has 0 aliphatic carbocycles. The van der Waals surface area contributed by atoms with Crippen molar-refractivity contribution in [3.8, 4) is 11.4 Å². The summed E-state index contributed by atoms with van der Waals surface area (Å²) in [6.07, 6.45) is 0. The molecule has 4 aromatic rings. The van der Waals surface area contributed by atoms with Gasteiger partial charge in [-0.15, -0.1) is 0 Å². The zero-order valence-electron chi connectivity index (χ0n) is 14.0. The number of amides is 1. The lowest BCUT2D eigenvalue weighted by Gasteiger charge is -2.04. The molecule has 1 heterocycles. The number of H-pyrrole nitrogens is 1. The molecule has 1 amide bonds.